The van der Waals surface area contributed by atoms with Gasteiger partial charge < -0.3 is 16.2 Å². The van der Waals surface area contributed by atoms with Crippen LogP contribution in [-0.2, 0) is 0 Å². The molecule has 2 rings (SSSR count). The zero-order valence-electron chi connectivity index (χ0n) is 10.7. The van der Waals surface area contributed by atoms with E-state index in [-0.39, 0.29) is 12.0 Å². The van der Waals surface area contributed by atoms with Gasteiger partial charge in [0.05, 0.1) is 11.7 Å². The number of carbonyl (C=O) groups is 1. The normalized spacial score (nSPS) is 23.1. The van der Waals surface area contributed by atoms with Gasteiger partial charge in [0.25, 0.3) is 5.91 Å². The van der Waals surface area contributed by atoms with Gasteiger partial charge in [-0.15, -0.1) is 0 Å². The molecule has 5 heteroatoms. The van der Waals surface area contributed by atoms with E-state index in [1.165, 1.54) is 0 Å². The van der Waals surface area contributed by atoms with Crippen LogP contribution < -0.4 is 11.1 Å². The highest BCUT2D eigenvalue weighted by atomic mass is 79.9. The Bertz CT molecular complexity index is 465. The van der Waals surface area contributed by atoms with Crippen LogP contribution in [0.25, 0.3) is 0 Å². The molecule has 1 aliphatic rings. The van der Waals surface area contributed by atoms with Crippen LogP contribution in [0.15, 0.2) is 22.7 Å². The highest BCUT2D eigenvalue weighted by Gasteiger charge is 2.21. The van der Waals surface area contributed by atoms with Crippen molar-refractivity contribution >= 4 is 27.5 Å². The quantitative estimate of drug-likeness (QED) is 0.746. The molecule has 1 aromatic rings. The number of rotatable bonds is 3. The summed E-state index contributed by atoms with van der Waals surface area (Å²) in [6, 6.07) is 5.18. The Balaban J connectivity index is 1.92. The minimum atomic E-state index is -0.213. The van der Waals surface area contributed by atoms with Crippen LogP contribution in [0.1, 0.15) is 36.0 Å². The number of hydrogen-bond acceptors (Lipinski definition) is 3. The number of benzene rings is 1. The second kappa shape index (κ2) is 6.39. The first-order valence-electron chi connectivity index (χ1n) is 6.57. The van der Waals surface area contributed by atoms with E-state index in [4.69, 9.17) is 5.73 Å². The van der Waals surface area contributed by atoms with Crippen molar-refractivity contribution in [3.63, 3.8) is 0 Å². The van der Waals surface area contributed by atoms with E-state index in [1.54, 1.807) is 18.2 Å². The summed E-state index contributed by atoms with van der Waals surface area (Å²) < 4.78 is 0.739. The Morgan fingerprint density at radius 3 is 3.00 bits per heavy atom. The molecule has 19 heavy (non-hydrogen) atoms. The molecular weight excluding hydrogens is 308 g/mol. The van der Waals surface area contributed by atoms with Crippen molar-refractivity contribution in [1.29, 1.82) is 0 Å². The maximum atomic E-state index is 12.1. The van der Waals surface area contributed by atoms with E-state index < -0.39 is 0 Å². The summed E-state index contributed by atoms with van der Waals surface area (Å²) >= 11 is 3.35. The summed E-state index contributed by atoms with van der Waals surface area (Å²) in [7, 11) is 0. The third-order valence-corrected chi connectivity index (χ3v) is 4.23. The standard InChI is InChI=1S/C14H19BrN2O2/c15-13-5-4-10(16)7-12(13)14(19)17-8-9-2-1-3-11(18)6-9/h4-5,7,9,11,18H,1-3,6,8,16H2,(H,17,19). The third kappa shape index (κ3) is 3.94. The predicted molar refractivity (Wildman–Crippen MR) is 78.9 cm³/mol. The lowest BCUT2D eigenvalue weighted by molar-refractivity contribution is 0.0873. The van der Waals surface area contributed by atoms with Crippen LogP contribution in [-0.4, -0.2) is 23.7 Å². The molecule has 1 amide bonds. The molecular formula is C14H19BrN2O2. The van der Waals surface area contributed by atoms with Crippen LogP contribution in [0, 0.1) is 5.92 Å². The molecule has 0 aliphatic heterocycles. The van der Waals surface area contributed by atoms with Gasteiger partial charge in [-0.1, -0.05) is 6.42 Å². The first kappa shape index (κ1) is 14.3. The highest BCUT2D eigenvalue weighted by Crippen LogP contribution is 2.24. The lowest BCUT2D eigenvalue weighted by atomic mass is 9.87. The molecule has 1 aromatic carbocycles. The number of amides is 1. The van der Waals surface area contributed by atoms with E-state index in [1.807, 2.05) is 0 Å². The van der Waals surface area contributed by atoms with E-state index >= 15 is 0 Å². The van der Waals surface area contributed by atoms with Crippen molar-refractivity contribution < 1.29 is 9.90 Å². The van der Waals surface area contributed by atoms with Gasteiger partial charge in [-0.3, -0.25) is 4.79 Å². The Hall–Kier alpha value is -1.07. The summed E-state index contributed by atoms with van der Waals surface area (Å²) in [5.74, 6) is 0.242. The van der Waals surface area contributed by atoms with Crippen molar-refractivity contribution in [1.82, 2.24) is 5.32 Å². The van der Waals surface area contributed by atoms with Gasteiger partial charge >= 0.3 is 0 Å². The summed E-state index contributed by atoms with van der Waals surface area (Å²) in [5, 5.41) is 12.5. The summed E-state index contributed by atoms with van der Waals surface area (Å²) in [6.45, 7) is 0.608. The number of hydrogen-bond donors (Lipinski definition) is 3. The van der Waals surface area contributed by atoms with Gasteiger partial charge in [-0.25, -0.2) is 0 Å². The average Bonchev–Trinajstić information content (AvgIpc) is 2.39. The van der Waals surface area contributed by atoms with Crippen LogP contribution >= 0.6 is 15.9 Å². The Morgan fingerprint density at radius 2 is 2.26 bits per heavy atom. The van der Waals surface area contributed by atoms with Crippen LogP contribution in [0.3, 0.4) is 0 Å². The first-order valence-corrected chi connectivity index (χ1v) is 7.37. The number of anilines is 1. The maximum Gasteiger partial charge on any atom is 0.252 e. The monoisotopic (exact) mass is 326 g/mol. The maximum absolute atomic E-state index is 12.1. The van der Waals surface area contributed by atoms with E-state index in [9.17, 15) is 9.90 Å². The molecule has 0 aromatic heterocycles. The van der Waals surface area contributed by atoms with E-state index in [2.05, 4.69) is 21.2 Å². The molecule has 1 saturated carbocycles. The second-order valence-electron chi connectivity index (χ2n) is 5.14. The van der Waals surface area contributed by atoms with Gasteiger partial charge in [0.1, 0.15) is 0 Å². The number of nitrogen functional groups attached to an aromatic ring is 1. The molecule has 0 spiro atoms. The highest BCUT2D eigenvalue weighted by molar-refractivity contribution is 9.10. The number of aliphatic hydroxyl groups is 1. The van der Waals surface area contributed by atoms with Crippen LogP contribution in [0.2, 0.25) is 0 Å². The molecule has 0 heterocycles. The van der Waals surface area contributed by atoms with Crippen LogP contribution in [0.4, 0.5) is 5.69 Å². The first-order chi connectivity index (χ1) is 9.06. The number of aliphatic hydroxyl groups excluding tert-OH is 1. The SMILES string of the molecule is Nc1ccc(Br)c(C(=O)NCC2CCCC(O)C2)c1. The zero-order chi connectivity index (χ0) is 13.8. The van der Waals surface area contributed by atoms with Crippen molar-refractivity contribution in [3.8, 4) is 0 Å². The minimum Gasteiger partial charge on any atom is -0.399 e. The topological polar surface area (TPSA) is 75.4 Å². The number of halogens is 1. The summed E-state index contributed by atoms with van der Waals surface area (Å²) in [5.41, 5.74) is 6.81. The average molecular weight is 327 g/mol. The summed E-state index contributed by atoms with van der Waals surface area (Å²) in [6.07, 6.45) is 3.54. The fourth-order valence-corrected chi connectivity index (χ4v) is 2.92. The lowest BCUT2D eigenvalue weighted by Gasteiger charge is -2.25. The molecule has 1 fully saturated rings. The number of nitrogens with two attached hydrogens (primary N) is 1. The molecule has 4 N–H and O–H groups in total. The summed E-state index contributed by atoms with van der Waals surface area (Å²) in [4.78, 5) is 12.1. The molecule has 2 atom stereocenters. The van der Waals surface area contributed by atoms with Gasteiger partial charge in [0.15, 0.2) is 0 Å². The number of carbonyl (C=O) groups excluding carboxylic acids is 1. The fourth-order valence-electron chi connectivity index (χ4n) is 2.50. The van der Waals surface area contributed by atoms with Crippen molar-refractivity contribution in [3.05, 3.63) is 28.2 Å². The Morgan fingerprint density at radius 1 is 1.47 bits per heavy atom. The molecule has 0 saturated heterocycles. The third-order valence-electron chi connectivity index (χ3n) is 3.54. The predicted octanol–water partition coefficient (Wildman–Crippen LogP) is 2.31. The van der Waals surface area contributed by atoms with E-state index in [0.717, 1.165) is 30.2 Å². The van der Waals surface area contributed by atoms with Crippen molar-refractivity contribution in [2.45, 2.75) is 31.8 Å². The van der Waals surface area contributed by atoms with Crippen molar-refractivity contribution in [2.75, 3.05) is 12.3 Å². The van der Waals surface area contributed by atoms with Gasteiger partial charge in [0, 0.05) is 16.7 Å². The van der Waals surface area contributed by atoms with Gasteiger partial charge in [-0.2, -0.15) is 0 Å². The second-order valence-corrected chi connectivity index (χ2v) is 5.99. The molecule has 1 aliphatic carbocycles. The van der Waals surface area contributed by atoms with Gasteiger partial charge in [-0.05, 0) is 59.3 Å². The largest absolute Gasteiger partial charge is 0.399 e. The van der Waals surface area contributed by atoms with Crippen molar-refractivity contribution in [2.24, 2.45) is 5.92 Å². The van der Waals surface area contributed by atoms with Crippen LogP contribution in [0.5, 0.6) is 0 Å². The zero-order valence-corrected chi connectivity index (χ0v) is 12.3. The molecule has 4 nitrogen and oxygen atoms in total. The molecule has 0 bridgehead atoms. The minimum absolute atomic E-state index is 0.126. The molecule has 0 radical (unpaired) electrons. The van der Waals surface area contributed by atoms with E-state index in [0.29, 0.717) is 23.7 Å². The molecule has 2 unspecified atom stereocenters. The Labute approximate surface area is 121 Å². The van der Waals surface area contributed by atoms with Gasteiger partial charge in [0.2, 0.25) is 0 Å². The fraction of sp³-hybridized carbons (Fsp3) is 0.500. The molecule has 104 valence electrons. The Kier molecular flexibility index (Phi) is 4.82. The smallest absolute Gasteiger partial charge is 0.252 e. The number of nitrogens with one attached hydrogen (secondary N) is 1. The lowest BCUT2D eigenvalue weighted by Crippen LogP contribution is -2.33.